The highest BCUT2D eigenvalue weighted by atomic mass is 16.3. The number of hydrogen-bond acceptors (Lipinski definition) is 2. The lowest BCUT2D eigenvalue weighted by atomic mass is 9.67. The Kier molecular flexibility index (Phi) is 9.47. The molecule has 2 nitrogen and oxygen atoms in total. The van der Waals surface area contributed by atoms with Crippen molar-refractivity contribution >= 4 is 60.5 Å². The molecule has 0 saturated heterocycles. The number of furan rings is 1. The first-order valence-corrected chi connectivity index (χ1v) is 24.5. The van der Waals surface area contributed by atoms with Gasteiger partial charge >= 0.3 is 0 Å². The molecule has 0 atom stereocenters. The first-order valence-electron chi connectivity index (χ1n) is 24.5. The quantitative estimate of drug-likeness (QED) is 0.151. The topological polar surface area (TPSA) is 16.4 Å². The molecule has 1 aliphatic carbocycles. The number of benzene rings is 12. The van der Waals surface area contributed by atoms with Crippen LogP contribution in [0.4, 0.5) is 17.1 Å². The third kappa shape index (κ3) is 6.49. The molecular weight excluding hydrogens is 859 g/mol. The Labute approximate surface area is 413 Å². The van der Waals surface area contributed by atoms with E-state index >= 15 is 0 Å². The van der Waals surface area contributed by atoms with Crippen LogP contribution in [0.25, 0.3) is 88.0 Å². The predicted octanol–water partition coefficient (Wildman–Crippen LogP) is 18.7. The highest BCUT2D eigenvalue weighted by Crippen LogP contribution is 2.57. The van der Waals surface area contributed by atoms with Crippen LogP contribution in [0.3, 0.4) is 0 Å². The second-order valence-corrected chi connectivity index (χ2v) is 18.7. The summed E-state index contributed by atoms with van der Waals surface area (Å²) in [6.45, 7) is 0. The molecule has 0 fully saturated rings. The van der Waals surface area contributed by atoms with Gasteiger partial charge in [0.25, 0.3) is 0 Å². The van der Waals surface area contributed by atoms with Gasteiger partial charge in [-0.2, -0.15) is 0 Å². The summed E-state index contributed by atoms with van der Waals surface area (Å²) in [6.07, 6.45) is 0. The van der Waals surface area contributed by atoms with E-state index in [1.807, 2.05) is 0 Å². The lowest BCUT2D eigenvalue weighted by Crippen LogP contribution is -2.28. The summed E-state index contributed by atoms with van der Waals surface area (Å²) >= 11 is 0. The van der Waals surface area contributed by atoms with Gasteiger partial charge in [-0.3, -0.25) is 0 Å². The van der Waals surface area contributed by atoms with Crippen LogP contribution in [0.5, 0.6) is 0 Å². The molecule has 1 aliphatic rings. The van der Waals surface area contributed by atoms with Crippen LogP contribution in [0, 0.1) is 0 Å². The SMILES string of the molecule is c1ccc(-c2ccc(N(c3cccc(-c4cccc5oc6c7ccccc7c(-c7ccc8ccccc8c7)cc6c45)c3)c3ccc4c(c3)C(c3ccccc3)(c3ccccc3)c3ccccc3-4)cc2)cc1. The molecule has 71 heavy (non-hydrogen) atoms. The molecule has 13 aromatic rings. The summed E-state index contributed by atoms with van der Waals surface area (Å²) in [6, 6.07) is 99.8. The van der Waals surface area contributed by atoms with E-state index in [0.717, 1.165) is 55.5 Å². The van der Waals surface area contributed by atoms with Crippen LogP contribution in [0.2, 0.25) is 0 Å². The van der Waals surface area contributed by atoms with Crippen molar-refractivity contribution in [3.05, 3.63) is 295 Å². The van der Waals surface area contributed by atoms with Crippen LogP contribution < -0.4 is 4.90 Å². The Morgan fingerprint density at radius 3 is 1.65 bits per heavy atom. The normalized spacial score (nSPS) is 12.6. The Balaban J connectivity index is 0.977. The maximum atomic E-state index is 6.90. The number of hydrogen-bond donors (Lipinski definition) is 0. The zero-order chi connectivity index (χ0) is 46.9. The summed E-state index contributed by atoms with van der Waals surface area (Å²) in [5.74, 6) is 0. The molecule has 1 aromatic heterocycles. The molecule has 1 heterocycles. The zero-order valence-electron chi connectivity index (χ0n) is 38.8. The van der Waals surface area contributed by atoms with Crippen molar-refractivity contribution < 1.29 is 4.42 Å². The molecule has 0 aliphatic heterocycles. The van der Waals surface area contributed by atoms with E-state index < -0.39 is 5.41 Å². The molecule has 0 bridgehead atoms. The fourth-order valence-corrected chi connectivity index (χ4v) is 11.7. The highest BCUT2D eigenvalue weighted by Gasteiger charge is 2.46. The van der Waals surface area contributed by atoms with E-state index in [-0.39, 0.29) is 0 Å². The lowest BCUT2D eigenvalue weighted by Gasteiger charge is -2.35. The van der Waals surface area contributed by atoms with Gasteiger partial charge in [-0.25, -0.2) is 0 Å². The van der Waals surface area contributed by atoms with Crippen molar-refractivity contribution in [2.75, 3.05) is 4.90 Å². The van der Waals surface area contributed by atoms with Gasteiger partial charge in [-0.15, -0.1) is 0 Å². The molecule has 2 heteroatoms. The summed E-state index contributed by atoms with van der Waals surface area (Å²) in [5, 5.41) is 6.95. The standard InChI is InChI=1S/C69H45NO/c1-4-18-46(19-5-1)48-36-38-54(39-37-48)70(56-40-41-60-59-29-14-15-32-64(59)69(65(60)44-56,52-23-6-2-7-24-52)53-25-8-3-9-26-53)55-27-16-22-50(43-55)57-31-17-33-66-67(57)63-45-62(58-28-12-13-30-61(58)68(63)71-66)51-35-34-47-20-10-11-21-49(47)42-51/h1-45H. The van der Waals surface area contributed by atoms with Crippen LogP contribution in [-0.2, 0) is 5.41 Å². The van der Waals surface area contributed by atoms with Gasteiger partial charge in [0, 0.05) is 33.2 Å². The maximum absolute atomic E-state index is 6.90. The largest absolute Gasteiger partial charge is 0.455 e. The summed E-state index contributed by atoms with van der Waals surface area (Å²) in [5.41, 5.74) is 19.0. The molecule has 332 valence electrons. The average Bonchev–Trinajstić information content (AvgIpc) is 3.98. The van der Waals surface area contributed by atoms with E-state index in [9.17, 15) is 0 Å². The number of anilines is 3. The van der Waals surface area contributed by atoms with Crippen LogP contribution in [0.1, 0.15) is 22.3 Å². The van der Waals surface area contributed by atoms with Crippen molar-refractivity contribution in [1.82, 2.24) is 0 Å². The van der Waals surface area contributed by atoms with E-state index in [1.165, 1.54) is 71.8 Å². The smallest absolute Gasteiger partial charge is 0.143 e. The van der Waals surface area contributed by atoms with Crippen molar-refractivity contribution in [1.29, 1.82) is 0 Å². The van der Waals surface area contributed by atoms with Gasteiger partial charge in [0.15, 0.2) is 0 Å². The minimum absolute atomic E-state index is 0.539. The van der Waals surface area contributed by atoms with Gasteiger partial charge in [-0.1, -0.05) is 218 Å². The molecule has 12 aromatic carbocycles. The maximum Gasteiger partial charge on any atom is 0.143 e. The second-order valence-electron chi connectivity index (χ2n) is 18.7. The van der Waals surface area contributed by atoms with Crippen LogP contribution in [0.15, 0.2) is 277 Å². The van der Waals surface area contributed by atoms with Crippen molar-refractivity contribution in [3.63, 3.8) is 0 Å². The van der Waals surface area contributed by atoms with Gasteiger partial charge in [0.1, 0.15) is 11.2 Å². The molecule has 0 unspecified atom stereocenters. The average molecular weight is 904 g/mol. The van der Waals surface area contributed by atoms with Gasteiger partial charge in [0.05, 0.1) is 5.41 Å². The van der Waals surface area contributed by atoms with Crippen LogP contribution in [-0.4, -0.2) is 0 Å². The number of rotatable bonds is 8. The monoisotopic (exact) mass is 903 g/mol. The third-order valence-electron chi connectivity index (χ3n) is 14.9. The molecule has 0 saturated carbocycles. The zero-order valence-corrected chi connectivity index (χ0v) is 38.8. The number of nitrogens with zero attached hydrogens (tertiary/aromatic N) is 1. The van der Waals surface area contributed by atoms with Gasteiger partial charge in [-0.05, 0) is 138 Å². The van der Waals surface area contributed by atoms with Gasteiger partial charge < -0.3 is 9.32 Å². The first kappa shape index (κ1) is 40.8. The second kappa shape index (κ2) is 16.5. The fourth-order valence-electron chi connectivity index (χ4n) is 11.7. The van der Waals surface area contributed by atoms with E-state index in [0.29, 0.717) is 0 Å². The summed E-state index contributed by atoms with van der Waals surface area (Å²) in [7, 11) is 0. The minimum atomic E-state index is -0.539. The molecule has 0 spiro atoms. The van der Waals surface area contributed by atoms with E-state index in [4.69, 9.17) is 4.42 Å². The Morgan fingerprint density at radius 2 is 0.859 bits per heavy atom. The Bertz CT molecular complexity index is 4110. The van der Waals surface area contributed by atoms with Crippen LogP contribution >= 0.6 is 0 Å². The minimum Gasteiger partial charge on any atom is -0.455 e. The third-order valence-corrected chi connectivity index (χ3v) is 14.9. The predicted molar refractivity (Wildman–Crippen MR) is 297 cm³/mol. The molecule has 0 amide bonds. The van der Waals surface area contributed by atoms with E-state index in [2.05, 4.69) is 278 Å². The molecular formula is C69H45NO. The van der Waals surface area contributed by atoms with Crippen molar-refractivity contribution in [2.45, 2.75) is 5.41 Å². The first-order chi connectivity index (χ1) is 35.2. The highest BCUT2D eigenvalue weighted by molar-refractivity contribution is 6.22. The fraction of sp³-hybridized carbons (Fsp3) is 0.0145. The summed E-state index contributed by atoms with van der Waals surface area (Å²) < 4.78 is 6.90. The molecule has 0 N–H and O–H groups in total. The van der Waals surface area contributed by atoms with E-state index in [1.54, 1.807) is 0 Å². The van der Waals surface area contributed by atoms with Crippen molar-refractivity contribution in [2.24, 2.45) is 0 Å². The molecule has 14 rings (SSSR count). The Hall–Kier alpha value is -9.24. The lowest BCUT2D eigenvalue weighted by molar-refractivity contribution is 0.673. The van der Waals surface area contributed by atoms with Gasteiger partial charge in [0.2, 0.25) is 0 Å². The number of fused-ring (bicyclic) bond motifs is 9. The summed E-state index contributed by atoms with van der Waals surface area (Å²) in [4.78, 5) is 2.43. The molecule has 0 radical (unpaired) electrons. The Morgan fingerprint density at radius 1 is 0.296 bits per heavy atom. The van der Waals surface area contributed by atoms with Crippen molar-refractivity contribution in [3.8, 4) is 44.5 Å².